The molecule has 0 radical (unpaired) electrons. The molecule has 0 heterocycles. The van der Waals surface area contributed by atoms with E-state index >= 15 is 0 Å². The second kappa shape index (κ2) is 9.55. The fourth-order valence-electron chi connectivity index (χ4n) is 2.81. The zero-order valence-electron chi connectivity index (χ0n) is 16.1. The van der Waals surface area contributed by atoms with Gasteiger partial charge in [-0.1, -0.05) is 45.8 Å². The molecule has 0 saturated heterocycles. The van der Waals surface area contributed by atoms with Gasteiger partial charge in [-0.25, -0.2) is 0 Å². The average molecular weight is 433 g/mol. The molecule has 0 aliphatic heterocycles. The fourth-order valence-corrected chi connectivity index (χ4v) is 3.25. The van der Waals surface area contributed by atoms with Crippen molar-refractivity contribution in [3.63, 3.8) is 0 Å². The molecule has 2 amide bonds. The number of carbonyl (C=O) groups excluding carboxylic acids is 2. The van der Waals surface area contributed by atoms with Crippen LogP contribution in [0, 0.1) is 13.8 Å². The molecule has 0 unspecified atom stereocenters. The van der Waals surface area contributed by atoms with Gasteiger partial charge in [0.1, 0.15) is 11.8 Å². The van der Waals surface area contributed by atoms with Gasteiger partial charge in [-0.3, -0.25) is 9.59 Å². The Hall–Kier alpha value is -2.34. The summed E-state index contributed by atoms with van der Waals surface area (Å²) in [7, 11) is 1.56. The number of benzene rings is 2. The number of rotatable bonds is 7. The highest BCUT2D eigenvalue weighted by Crippen LogP contribution is 2.20. The molecule has 0 spiro atoms. The molecule has 0 saturated carbocycles. The molecule has 0 aliphatic rings. The lowest BCUT2D eigenvalue weighted by Gasteiger charge is -2.28. The van der Waals surface area contributed by atoms with E-state index in [0.29, 0.717) is 12.3 Å². The van der Waals surface area contributed by atoms with E-state index in [4.69, 9.17) is 4.74 Å². The zero-order chi connectivity index (χ0) is 20.0. The molecular formula is C21H25BrN2O3. The molecule has 27 heavy (non-hydrogen) atoms. The van der Waals surface area contributed by atoms with E-state index in [1.807, 2.05) is 56.3 Å². The Bertz CT molecular complexity index is 823. The van der Waals surface area contributed by atoms with Crippen molar-refractivity contribution >= 4 is 27.7 Å². The molecule has 0 aromatic heterocycles. The fraction of sp³-hybridized carbons (Fsp3) is 0.333. The maximum Gasteiger partial charge on any atom is 0.261 e. The molecule has 2 aromatic carbocycles. The summed E-state index contributed by atoms with van der Waals surface area (Å²) in [6.07, 6.45) is 0. The molecule has 0 aliphatic carbocycles. The Balaban J connectivity index is 2.15. The Kier molecular flexibility index (Phi) is 7.42. The number of halogens is 1. The number of hydrogen-bond donors (Lipinski definition) is 1. The topological polar surface area (TPSA) is 58.6 Å². The lowest BCUT2D eigenvalue weighted by Crippen LogP contribution is -2.48. The second-order valence-electron chi connectivity index (χ2n) is 6.50. The smallest absolute Gasteiger partial charge is 0.261 e. The van der Waals surface area contributed by atoms with E-state index < -0.39 is 6.04 Å². The summed E-state index contributed by atoms with van der Waals surface area (Å²) in [6, 6.07) is 12.9. The minimum atomic E-state index is -0.607. The van der Waals surface area contributed by atoms with Crippen LogP contribution in [-0.2, 0) is 16.1 Å². The number of aryl methyl sites for hydroxylation is 2. The largest absolute Gasteiger partial charge is 0.483 e. The number of likely N-dealkylation sites (N-methyl/N-ethyl adjacent to an activating group) is 1. The Morgan fingerprint density at radius 2 is 1.93 bits per heavy atom. The van der Waals surface area contributed by atoms with Gasteiger partial charge >= 0.3 is 0 Å². The highest BCUT2D eigenvalue weighted by Gasteiger charge is 2.26. The average Bonchev–Trinajstić information content (AvgIpc) is 2.64. The highest BCUT2D eigenvalue weighted by molar-refractivity contribution is 9.10. The van der Waals surface area contributed by atoms with Gasteiger partial charge in [-0.2, -0.15) is 0 Å². The van der Waals surface area contributed by atoms with Crippen molar-refractivity contribution in [2.75, 3.05) is 13.7 Å². The first kappa shape index (κ1) is 21.0. The Morgan fingerprint density at radius 3 is 2.56 bits per heavy atom. The first-order valence-corrected chi connectivity index (χ1v) is 9.56. The van der Waals surface area contributed by atoms with Crippen molar-refractivity contribution in [1.82, 2.24) is 10.2 Å². The van der Waals surface area contributed by atoms with Crippen LogP contribution >= 0.6 is 15.9 Å². The van der Waals surface area contributed by atoms with Crippen molar-refractivity contribution in [3.8, 4) is 5.75 Å². The maximum absolute atomic E-state index is 12.9. The van der Waals surface area contributed by atoms with Gasteiger partial charge in [0.05, 0.1) is 0 Å². The van der Waals surface area contributed by atoms with Crippen LogP contribution in [-0.4, -0.2) is 36.4 Å². The molecule has 2 aromatic rings. The molecule has 144 valence electrons. The van der Waals surface area contributed by atoms with E-state index in [1.165, 1.54) is 4.90 Å². The van der Waals surface area contributed by atoms with Crippen LogP contribution in [0.1, 0.15) is 23.6 Å². The zero-order valence-corrected chi connectivity index (χ0v) is 17.7. The van der Waals surface area contributed by atoms with E-state index in [9.17, 15) is 9.59 Å². The molecule has 0 bridgehead atoms. The number of hydrogen-bond acceptors (Lipinski definition) is 3. The van der Waals surface area contributed by atoms with Gasteiger partial charge in [-0.05, 0) is 50.1 Å². The number of nitrogens with one attached hydrogen (secondary N) is 1. The minimum absolute atomic E-state index is 0.126. The van der Waals surface area contributed by atoms with Crippen LogP contribution in [0.5, 0.6) is 5.75 Å². The standard InChI is InChI=1S/C21H25BrN2O3/c1-14-8-9-19(15(2)10-14)27-13-20(25)24(16(3)21(26)23-4)12-17-6-5-7-18(22)11-17/h5-11,16H,12-13H2,1-4H3,(H,23,26)/t16-/m0/s1. The van der Waals surface area contributed by atoms with Crippen molar-refractivity contribution in [1.29, 1.82) is 0 Å². The van der Waals surface area contributed by atoms with Gasteiger partial charge in [0.2, 0.25) is 5.91 Å². The highest BCUT2D eigenvalue weighted by atomic mass is 79.9. The van der Waals surface area contributed by atoms with Crippen LogP contribution in [0.4, 0.5) is 0 Å². The summed E-state index contributed by atoms with van der Waals surface area (Å²) < 4.78 is 6.65. The number of carbonyl (C=O) groups is 2. The molecule has 5 nitrogen and oxygen atoms in total. The van der Waals surface area contributed by atoms with Gasteiger partial charge in [0.15, 0.2) is 6.61 Å². The SMILES string of the molecule is CNC(=O)[C@H](C)N(Cc1cccc(Br)c1)C(=O)COc1ccc(C)cc1C. The number of nitrogens with zero attached hydrogens (tertiary/aromatic N) is 1. The van der Waals surface area contributed by atoms with Crippen molar-refractivity contribution in [3.05, 3.63) is 63.6 Å². The molecule has 0 fully saturated rings. The third kappa shape index (κ3) is 5.82. The first-order valence-electron chi connectivity index (χ1n) is 8.77. The quantitative estimate of drug-likeness (QED) is 0.726. The van der Waals surface area contributed by atoms with Crippen molar-refractivity contribution in [2.24, 2.45) is 0 Å². The van der Waals surface area contributed by atoms with E-state index in [-0.39, 0.29) is 18.4 Å². The molecular weight excluding hydrogens is 408 g/mol. The lowest BCUT2D eigenvalue weighted by atomic mass is 10.1. The second-order valence-corrected chi connectivity index (χ2v) is 7.42. The summed E-state index contributed by atoms with van der Waals surface area (Å²) >= 11 is 3.44. The summed E-state index contributed by atoms with van der Waals surface area (Å²) in [4.78, 5) is 26.5. The monoisotopic (exact) mass is 432 g/mol. The maximum atomic E-state index is 12.9. The van der Waals surface area contributed by atoms with Crippen LogP contribution in [0.2, 0.25) is 0 Å². The molecule has 2 rings (SSSR count). The predicted molar refractivity (Wildman–Crippen MR) is 110 cm³/mol. The number of ether oxygens (including phenoxy) is 1. The van der Waals surface area contributed by atoms with Crippen molar-refractivity contribution < 1.29 is 14.3 Å². The first-order chi connectivity index (χ1) is 12.8. The van der Waals surface area contributed by atoms with Gasteiger partial charge < -0.3 is 15.0 Å². The molecule has 6 heteroatoms. The van der Waals surface area contributed by atoms with Crippen LogP contribution in [0.3, 0.4) is 0 Å². The van der Waals surface area contributed by atoms with Crippen LogP contribution < -0.4 is 10.1 Å². The summed E-state index contributed by atoms with van der Waals surface area (Å²) in [6.45, 7) is 5.86. The number of amides is 2. The van der Waals surface area contributed by atoms with E-state index in [2.05, 4.69) is 21.2 Å². The minimum Gasteiger partial charge on any atom is -0.483 e. The lowest BCUT2D eigenvalue weighted by molar-refractivity contribution is -0.142. The Labute approximate surface area is 168 Å². The van der Waals surface area contributed by atoms with E-state index in [0.717, 1.165) is 21.2 Å². The third-order valence-corrected chi connectivity index (χ3v) is 4.83. The summed E-state index contributed by atoms with van der Waals surface area (Å²) in [5.41, 5.74) is 3.04. The van der Waals surface area contributed by atoms with Crippen LogP contribution in [0.25, 0.3) is 0 Å². The van der Waals surface area contributed by atoms with Gasteiger partial charge in [-0.15, -0.1) is 0 Å². The summed E-state index contributed by atoms with van der Waals surface area (Å²) in [5, 5.41) is 2.60. The Morgan fingerprint density at radius 1 is 1.19 bits per heavy atom. The third-order valence-electron chi connectivity index (χ3n) is 4.34. The van der Waals surface area contributed by atoms with Gasteiger partial charge in [0, 0.05) is 18.1 Å². The van der Waals surface area contributed by atoms with E-state index in [1.54, 1.807) is 14.0 Å². The molecule has 1 atom stereocenters. The van der Waals surface area contributed by atoms with Crippen molar-refractivity contribution in [2.45, 2.75) is 33.4 Å². The van der Waals surface area contributed by atoms with Crippen LogP contribution in [0.15, 0.2) is 46.9 Å². The van der Waals surface area contributed by atoms with Gasteiger partial charge in [0.25, 0.3) is 5.91 Å². The summed E-state index contributed by atoms with van der Waals surface area (Å²) in [5.74, 6) is 0.208. The molecule has 1 N–H and O–H groups in total. The normalized spacial score (nSPS) is 11.6. The predicted octanol–water partition coefficient (Wildman–Crippen LogP) is 3.61.